The quantitative estimate of drug-likeness (QED) is 0.0919. The van der Waals surface area contributed by atoms with E-state index in [0.717, 1.165) is 26.0 Å². The second kappa shape index (κ2) is 23.3. The molecule has 3 heterocycles. The van der Waals surface area contributed by atoms with Crippen LogP contribution in [0.1, 0.15) is 84.8 Å². The molecule has 0 atom stereocenters. The number of carbonyl (C=O) groups is 4. The Morgan fingerprint density at radius 2 is 1.08 bits per heavy atom. The van der Waals surface area contributed by atoms with Crippen LogP contribution in [0.5, 0.6) is 0 Å². The number of aromatic nitrogens is 4. The lowest BCUT2D eigenvalue weighted by atomic mass is 9.76. The van der Waals surface area contributed by atoms with Crippen molar-refractivity contribution in [1.29, 1.82) is 10.5 Å². The molecule has 26 heteroatoms. The number of benzene rings is 4. The highest BCUT2D eigenvalue weighted by Gasteiger charge is 2.52. The third-order valence-electron chi connectivity index (χ3n) is 10.9. The zero-order valence-electron chi connectivity index (χ0n) is 40.1. The number of amides is 2. The number of nitrogen functional groups attached to an aromatic ring is 2. The molecule has 2 aromatic heterocycles. The number of rotatable bonds is 12. The molecule has 6 aromatic rings. The van der Waals surface area contributed by atoms with E-state index in [1.807, 2.05) is 49.3 Å². The third kappa shape index (κ3) is 14.4. The number of halogens is 3. The summed E-state index contributed by atoms with van der Waals surface area (Å²) in [6, 6.07) is 22.4. The summed E-state index contributed by atoms with van der Waals surface area (Å²) >= 11 is 3.12. The fourth-order valence-corrected chi connectivity index (χ4v) is 8.81. The number of carbonyl (C=O) groups excluding carboxylic acids is 4. The molecule has 0 saturated carbocycles. The molecule has 382 valence electrons. The van der Waals surface area contributed by atoms with E-state index in [9.17, 15) is 50.1 Å². The highest BCUT2D eigenvalue weighted by Crippen LogP contribution is 2.37. The average Bonchev–Trinajstić information content (AvgIpc) is 3.55. The van der Waals surface area contributed by atoms with Gasteiger partial charge in [-0.2, -0.15) is 10.5 Å². The summed E-state index contributed by atoms with van der Waals surface area (Å²) in [7, 11) is -8.60. The van der Waals surface area contributed by atoms with Crippen LogP contribution in [-0.4, -0.2) is 78.5 Å². The van der Waals surface area contributed by atoms with Crippen LogP contribution in [0.4, 0.5) is 20.4 Å². The van der Waals surface area contributed by atoms with Gasteiger partial charge in [-0.3, -0.25) is 19.2 Å². The van der Waals surface area contributed by atoms with Crippen LogP contribution in [0.2, 0.25) is 0 Å². The van der Waals surface area contributed by atoms with E-state index in [0.29, 0.717) is 26.8 Å². The van der Waals surface area contributed by atoms with E-state index in [1.54, 1.807) is 0 Å². The SMILES string of the molecule is CC(=O)NS(=O)(=O)c1ccc(CC(=O)c2nc(-c3cc(F)ccc3C#N)cnc2N)cc1.CC(=O)NS(=O)(=O)c1ccc(CC(=O)c2nc(Br)cnc2N)cc1.CC1(C)OB(c2cc(F)ccc2C#N)OC1(C)C. The molecule has 1 aliphatic rings. The van der Waals surface area contributed by atoms with Crippen molar-refractivity contribution in [1.82, 2.24) is 29.4 Å². The molecule has 20 nitrogen and oxygen atoms in total. The summed E-state index contributed by atoms with van der Waals surface area (Å²) in [5, 5.41) is 18.3. The Hall–Kier alpha value is -7.88. The van der Waals surface area contributed by atoms with E-state index in [2.05, 4.69) is 35.9 Å². The first-order chi connectivity index (χ1) is 34.6. The predicted octanol–water partition coefficient (Wildman–Crippen LogP) is 5.05. The van der Waals surface area contributed by atoms with Crippen LogP contribution in [0.25, 0.3) is 11.3 Å². The molecule has 4 aromatic carbocycles. The minimum Gasteiger partial charge on any atom is -0.399 e. The number of Topliss-reactive ketones (excluding diaryl/α,β-unsaturated/α-hetero) is 2. The van der Waals surface area contributed by atoms with Gasteiger partial charge in [0.05, 0.1) is 62.3 Å². The smallest absolute Gasteiger partial charge is 0.399 e. The first kappa shape index (κ1) is 57.0. The van der Waals surface area contributed by atoms with Gasteiger partial charge >= 0.3 is 7.12 Å². The molecule has 6 N–H and O–H groups in total. The molecule has 2 amide bonds. The molecule has 0 radical (unpaired) electrons. The fraction of sp³-hybridized carbons (Fsp3) is 0.208. The van der Waals surface area contributed by atoms with Crippen molar-refractivity contribution in [2.24, 2.45) is 0 Å². The van der Waals surface area contributed by atoms with Gasteiger partial charge in [0.2, 0.25) is 11.8 Å². The zero-order chi connectivity index (χ0) is 54.9. The molecule has 0 aliphatic carbocycles. The van der Waals surface area contributed by atoms with Crippen molar-refractivity contribution >= 4 is 83.6 Å². The second-order valence-corrected chi connectivity index (χ2v) is 21.1. The van der Waals surface area contributed by atoms with E-state index in [1.165, 1.54) is 85.2 Å². The van der Waals surface area contributed by atoms with Crippen molar-refractivity contribution in [2.45, 2.75) is 75.4 Å². The Morgan fingerprint density at radius 1 is 0.662 bits per heavy atom. The summed E-state index contributed by atoms with van der Waals surface area (Å²) in [5.41, 5.74) is 12.6. The number of sulfonamides is 2. The topological polar surface area (TPSA) is 330 Å². The van der Waals surface area contributed by atoms with E-state index in [4.69, 9.17) is 26.0 Å². The summed E-state index contributed by atoms with van der Waals surface area (Å²) in [6.07, 6.45) is 2.43. The van der Waals surface area contributed by atoms with Gasteiger partial charge in [-0.05, 0) is 115 Å². The lowest BCUT2D eigenvalue weighted by Gasteiger charge is -2.32. The molecule has 0 spiro atoms. The van der Waals surface area contributed by atoms with E-state index in [-0.39, 0.29) is 68.3 Å². The second-order valence-electron chi connectivity index (χ2n) is 17.0. The van der Waals surface area contributed by atoms with Crippen LogP contribution >= 0.6 is 15.9 Å². The number of nitrogens with one attached hydrogen (secondary N) is 2. The standard InChI is InChI=1S/C21H16FN5O4S.C14H13BrN4O4S.C13H15BFNO2/c1-12(28)27-32(30,31)16-6-2-13(3-7-16)8-19(29)20-21(24)25-11-18(26-20)17-9-15(22)5-4-14(17)10-23;1-8(20)19-24(22,23)10-4-2-9(3-5-10)6-11(21)13-14(16)17-7-12(15)18-13;1-12(2)13(3,4)18-14(17-12)11-7-10(15)6-5-9(11)8-16/h2-7,9,11H,8H2,1H3,(H2,24,25)(H,27,28);2-5,7H,6H2,1H3,(H2,16,17)(H,19,20);5-7H,1-4H3. The normalized spacial score (nSPS) is 13.4. The third-order valence-corrected chi connectivity index (χ3v) is 14.2. The van der Waals surface area contributed by atoms with Crippen molar-refractivity contribution in [3.8, 4) is 23.4 Å². The highest BCUT2D eigenvalue weighted by molar-refractivity contribution is 9.10. The summed E-state index contributed by atoms with van der Waals surface area (Å²) in [5.74, 6) is -3.37. The van der Waals surface area contributed by atoms with Crippen molar-refractivity contribution in [3.05, 3.63) is 147 Å². The predicted molar refractivity (Wildman–Crippen MR) is 268 cm³/mol. The molecule has 1 fully saturated rings. The first-order valence-electron chi connectivity index (χ1n) is 21.5. The maximum Gasteiger partial charge on any atom is 0.496 e. The van der Waals surface area contributed by atoms with Crippen LogP contribution in [0.15, 0.2) is 112 Å². The number of anilines is 2. The number of hydrogen-bond acceptors (Lipinski definition) is 18. The number of nitriles is 2. The summed E-state index contributed by atoms with van der Waals surface area (Å²) in [6.45, 7) is 9.84. The maximum absolute atomic E-state index is 13.7. The lowest BCUT2D eigenvalue weighted by molar-refractivity contribution is -0.118. The van der Waals surface area contributed by atoms with Gasteiger partial charge in [-0.25, -0.2) is 55.0 Å². The maximum atomic E-state index is 13.7. The molecule has 7 rings (SSSR count). The van der Waals surface area contributed by atoms with Crippen LogP contribution in [0, 0.1) is 34.3 Å². The Labute approximate surface area is 432 Å². The summed E-state index contributed by atoms with van der Waals surface area (Å²) < 4.78 is 90.4. The van der Waals surface area contributed by atoms with Gasteiger partial charge in [0.25, 0.3) is 20.0 Å². The van der Waals surface area contributed by atoms with Crippen molar-refractivity contribution < 1.29 is 54.1 Å². The van der Waals surface area contributed by atoms with Gasteiger partial charge in [0.15, 0.2) is 23.2 Å². The molecule has 0 unspecified atom stereocenters. The lowest BCUT2D eigenvalue weighted by Crippen LogP contribution is -2.41. The van der Waals surface area contributed by atoms with Crippen LogP contribution in [0.3, 0.4) is 0 Å². The zero-order valence-corrected chi connectivity index (χ0v) is 43.3. The molecule has 0 bridgehead atoms. The first-order valence-corrected chi connectivity index (χ1v) is 25.3. The Morgan fingerprint density at radius 3 is 1.53 bits per heavy atom. The Kier molecular flexibility index (Phi) is 18.0. The Bertz CT molecular complexity index is 3470. The van der Waals surface area contributed by atoms with Crippen molar-refractivity contribution in [2.75, 3.05) is 11.5 Å². The molecule has 1 aliphatic heterocycles. The fourth-order valence-electron chi connectivity index (χ4n) is 6.55. The van der Waals surface area contributed by atoms with E-state index < -0.39 is 67.6 Å². The van der Waals surface area contributed by atoms with Crippen LogP contribution < -0.4 is 26.4 Å². The van der Waals surface area contributed by atoms with Gasteiger partial charge < -0.3 is 20.8 Å². The number of hydrogen-bond donors (Lipinski definition) is 4. The largest absolute Gasteiger partial charge is 0.496 e. The Balaban J connectivity index is 0.000000214. The van der Waals surface area contributed by atoms with Gasteiger partial charge in [-0.1, -0.05) is 24.3 Å². The summed E-state index contributed by atoms with van der Waals surface area (Å²) in [4.78, 5) is 62.7. The number of nitrogens with two attached hydrogens (primary N) is 2. The molecule has 74 heavy (non-hydrogen) atoms. The molecular formula is C48H44BBrF2N10O10S2. The highest BCUT2D eigenvalue weighted by atomic mass is 79.9. The minimum atomic E-state index is -3.99. The minimum absolute atomic E-state index is 0.0181. The number of ketones is 2. The molecule has 1 saturated heterocycles. The van der Waals surface area contributed by atoms with Gasteiger partial charge in [0, 0.05) is 37.7 Å². The van der Waals surface area contributed by atoms with Gasteiger partial charge in [-0.15, -0.1) is 0 Å². The molecular weight excluding hydrogens is 1070 g/mol. The van der Waals surface area contributed by atoms with Gasteiger partial charge in [0.1, 0.15) is 27.6 Å². The number of nitrogens with zero attached hydrogens (tertiary/aromatic N) is 6. The van der Waals surface area contributed by atoms with Crippen LogP contribution in [-0.2, 0) is 51.8 Å². The van der Waals surface area contributed by atoms with E-state index >= 15 is 0 Å². The van der Waals surface area contributed by atoms with Crippen molar-refractivity contribution in [3.63, 3.8) is 0 Å². The average molecular weight is 1110 g/mol. The monoisotopic (exact) mass is 1110 g/mol.